The molecule has 1 N–H and O–H groups in total. The summed E-state index contributed by atoms with van der Waals surface area (Å²) in [5.41, 5.74) is 1.04. The van der Waals surface area contributed by atoms with E-state index in [0.717, 1.165) is 36.6 Å². The summed E-state index contributed by atoms with van der Waals surface area (Å²) >= 11 is 12.5. The maximum atomic E-state index is 6.37. The van der Waals surface area contributed by atoms with Crippen molar-refractivity contribution in [3.8, 4) is 5.75 Å². The van der Waals surface area contributed by atoms with E-state index in [1.165, 1.54) is 12.8 Å². The van der Waals surface area contributed by atoms with Gasteiger partial charge in [0.2, 0.25) is 0 Å². The van der Waals surface area contributed by atoms with E-state index in [9.17, 15) is 0 Å². The molecule has 1 aliphatic carbocycles. The lowest BCUT2D eigenvalue weighted by molar-refractivity contribution is 0.128. The van der Waals surface area contributed by atoms with Crippen LogP contribution >= 0.6 is 23.2 Å². The molecule has 0 amide bonds. The van der Waals surface area contributed by atoms with Crippen LogP contribution < -0.4 is 10.1 Å². The van der Waals surface area contributed by atoms with Crippen LogP contribution in [0.4, 0.5) is 0 Å². The Morgan fingerprint density at radius 2 is 2.05 bits per heavy atom. The molecule has 21 heavy (non-hydrogen) atoms. The molecule has 0 spiro atoms. The molecule has 0 heterocycles. The fourth-order valence-corrected chi connectivity index (χ4v) is 3.42. The van der Waals surface area contributed by atoms with Crippen molar-refractivity contribution < 1.29 is 4.74 Å². The average molecular weight is 330 g/mol. The molecule has 1 aromatic carbocycles. The van der Waals surface area contributed by atoms with Gasteiger partial charge in [0.25, 0.3) is 0 Å². The molecular formula is C17H25Cl2NO. The number of rotatable bonds is 5. The molecule has 1 aliphatic rings. The van der Waals surface area contributed by atoms with Crippen molar-refractivity contribution >= 4 is 23.2 Å². The SMILES string of the molecule is CC1CCCC(Oc2c(Cl)cc(Cl)cc2CNC(C)C)C1. The highest BCUT2D eigenvalue weighted by molar-refractivity contribution is 6.35. The van der Waals surface area contributed by atoms with Gasteiger partial charge in [-0.25, -0.2) is 0 Å². The van der Waals surface area contributed by atoms with Crippen LogP contribution in [-0.4, -0.2) is 12.1 Å². The number of hydrogen-bond acceptors (Lipinski definition) is 2. The van der Waals surface area contributed by atoms with E-state index in [1.807, 2.05) is 6.07 Å². The van der Waals surface area contributed by atoms with Crippen molar-refractivity contribution in [3.63, 3.8) is 0 Å². The Labute approximate surface area is 138 Å². The van der Waals surface area contributed by atoms with Gasteiger partial charge < -0.3 is 10.1 Å². The third-order valence-electron chi connectivity index (χ3n) is 3.96. The van der Waals surface area contributed by atoms with E-state index in [-0.39, 0.29) is 6.10 Å². The van der Waals surface area contributed by atoms with Crippen LogP contribution in [-0.2, 0) is 6.54 Å². The summed E-state index contributed by atoms with van der Waals surface area (Å²) < 4.78 is 6.24. The normalized spacial score (nSPS) is 22.6. The summed E-state index contributed by atoms with van der Waals surface area (Å²) in [6, 6.07) is 4.12. The first-order valence-electron chi connectivity index (χ1n) is 7.83. The summed E-state index contributed by atoms with van der Waals surface area (Å²) in [7, 11) is 0. The molecule has 1 saturated carbocycles. The molecule has 0 radical (unpaired) electrons. The minimum Gasteiger partial charge on any atom is -0.489 e. The highest BCUT2D eigenvalue weighted by atomic mass is 35.5. The second kappa shape index (κ2) is 7.71. The monoisotopic (exact) mass is 329 g/mol. The number of hydrogen-bond donors (Lipinski definition) is 1. The Morgan fingerprint density at radius 1 is 1.29 bits per heavy atom. The molecule has 0 saturated heterocycles. The zero-order valence-corrected chi connectivity index (χ0v) is 14.6. The first-order valence-corrected chi connectivity index (χ1v) is 8.59. The van der Waals surface area contributed by atoms with Crippen molar-refractivity contribution in [2.75, 3.05) is 0 Å². The smallest absolute Gasteiger partial charge is 0.142 e. The Hall–Kier alpha value is -0.440. The summed E-state index contributed by atoms with van der Waals surface area (Å²) in [4.78, 5) is 0. The van der Waals surface area contributed by atoms with E-state index in [2.05, 4.69) is 26.1 Å². The number of halogens is 2. The average Bonchev–Trinajstić information content (AvgIpc) is 2.39. The minimum absolute atomic E-state index is 0.269. The molecule has 0 bridgehead atoms. The number of benzene rings is 1. The Balaban J connectivity index is 2.15. The highest BCUT2D eigenvalue weighted by Crippen LogP contribution is 2.36. The topological polar surface area (TPSA) is 21.3 Å². The standard InChI is InChI=1S/C17H25Cl2NO/c1-11(2)20-10-13-8-14(18)9-16(19)17(13)21-15-6-4-5-12(3)7-15/h8-9,11-12,15,20H,4-7,10H2,1-3H3. The second-order valence-electron chi connectivity index (χ2n) is 6.42. The van der Waals surface area contributed by atoms with Crippen LogP contribution in [0.25, 0.3) is 0 Å². The van der Waals surface area contributed by atoms with Gasteiger partial charge in [-0.1, -0.05) is 50.4 Å². The summed E-state index contributed by atoms with van der Waals surface area (Å²) in [5, 5.41) is 4.67. The molecule has 1 aromatic rings. The van der Waals surface area contributed by atoms with Crippen LogP contribution in [0, 0.1) is 5.92 Å². The van der Waals surface area contributed by atoms with Gasteiger partial charge in [0.05, 0.1) is 11.1 Å². The van der Waals surface area contributed by atoms with E-state index in [0.29, 0.717) is 16.1 Å². The van der Waals surface area contributed by atoms with Gasteiger partial charge in [-0.15, -0.1) is 0 Å². The molecule has 118 valence electrons. The summed E-state index contributed by atoms with van der Waals surface area (Å²) in [6.45, 7) is 7.25. The van der Waals surface area contributed by atoms with Gasteiger partial charge in [0.15, 0.2) is 0 Å². The van der Waals surface area contributed by atoms with Gasteiger partial charge in [0.1, 0.15) is 5.75 Å². The maximum absolute atomic E-state index is 6.37. The van der Waals surface area contributed by atoms with Gasteiger partial charge in [-0.2, -0.15) is 0 Å². The maximum Gasteiger partial charge on any atom is 0.142 e. The lowest BCUT2D eigenvalue weighted by atomic mass is 9.88. The van der Waals surface area contributed by atoms with Crippen LogP contribution in [0.1, 0.15) is 52.0 Å². The van der Waals surface area contributed by atoms with Gasteiger partial charge in [-0.3, -0.25) is 0 Å². The van der Waals surface area contributed by atoms with E-state index in [1.54, 1.807) is 6.07 Å². The second-order valence-corrected chi connectivity index (χ2v) is 7.27. The van der Waals surface area contributed by atoms with Gasteiger partial charge >= 0.3 is 0 Å². The Bertz CT molecular complexity index is 476. The van der Waals surface area contributed by atoms with Crippen LogP contribution in [0.5, 0.6) is 5.75 Å². The summed E-state index contributed by atoms with van der Waals surface area (Å²) in [6.07, 6.45) is 5.02. The van der Waals surface area contributed by atoms with Crippen LogP contribution in [0.2, 0.25) is 10.0 Å². The zero-order valence-electron chi connectivity index (χ0n) is 13.1. The van der Waals surface area contributed by atoms with Crippen molar-refractivity contribution in [2.24, 2.45) is 5.92 Å². The van der Waals surface area contributed by atoms with Crippen molar-refractivity contribution in [1.82, 2.24) is 5.32 Å². The highest BCUT2D eigenvalue weighted by Gasteiger charge is 2.22. The van der Waals surface area contributed by atoms with Crippen LogP contribution in [0.15, 0.2) is 12.1 Å². The minimum atomic E-state index is 0.269. The Kier molecular flexibility index (Phi) is 6.21. The van der Waals surface area contributed by atoms with Crippen molar-refractivity contribution in [3.05, 3.63) is 27.7 Å². The quantitative estimate of drug-likeness (QED) is 0.775. The molecule has 0 aromatic heterocycles. The van der Waals surface area contributed by atoms with Gasteiger partial charge in [0, 0.05) is 23.2 Å². The fourth-order valence-electron chi connectivity index (χ4n) is 2.84. The lowest BCUT2D eigenvalue weighted by Gasteiger charge is -2.29. The molecule has 4 heteroatoms. The summed E-state index contributed by atoms with van der Waals surface area (Å²) in [5.74, 6) is 1.53. The molecule has 2 rings (SSSR count). The lowest BCUT2D eigenvalue weighted by Crippen LogP contribution is -2.26. The molecule has 1 fully saturated rings. The molecule has 2 atom stereocenters. The first-order chi connectivity index (χ1) is 9.95. The Morgan fingerprint density at radius 3 is 2.71 bits per heavy atom. The van der Waals surface area contributed by atoms with E-state index in [4.69, 9.17) is 27.9 Å². The molecular weight excluding hydrogens is 305 g/mol. The third-order valence-corrected chi connectivity index (χ3v) is 4.46. The van der Waals surface area contributed by atoms with Crippen molar-refractivity contribution in [2.45, 2.75) is 65.1 Å². The van der Waals surface area contributed by atoms with Crippen molar-refractivity contribution in [1.29, 1.82) is 0 Å². The third kappa shape index (κ3) is 5.05. The largest absolute Gasteiger partial charge is 0.489 e. The molecule has 0 aliphatic heterocycles. The number of nitrogens with one attached hydrogen (secondary N) is 1. The van der Waals surface area contributed by atoms with Crippen LogP contribution in [0.3, 0.4) is 0 Å². The fraction of sp³-hybridized carbons (Fsp3) is 0.647. The first kappa shape index (κ1) is 16.9. The van der Waals surface area contributed by atoms with E-state index >= 15 is 0 Å². The van der Waals surface area contributed by atoms with E-state index < -0.39 is 0 Å². The molecule has 2 nitrogen and oxygen atoms in total. The molecule has 2 unspecified atom stereocenters. The predicted molar refractivity (Wildman–Crippen MR) is 90.5 cm³/mol. The zero-order chi connectivity index (χ0) is 15.4. The predicted octanol–water partition coefficient (Wildman–Crippen LogP) is 5.45. The number of ether oxygens (including phenoxy) is 1. The van der Waals surface area contributed by atoms with Gasteiger partial charge in [-0.05, 0) is 37.3 Å².